The molecule has 122 valence electrons. The van der Waals surface area contributed by atoms with Crippen molar-refractivity contribution in [1.29, 1.82) is 0 Å². The van der Waals surface area contributed by atoms with Gasteiger partial charge in [0.05, 0.1) is 6.61 Å². The minimum atomic E-state index is -4.88. The molecule has 0 spiro atoms. The Kier molecular flexibility index (Phi) is 5.68. The van der Waals surface area contributed by atoms with Gasteiger partial charge in [0.2, 0.25) is 5.91 Å². The van der Waals surface area contributed by atoms with Crippen LogP contribution in [0, 0.1) is 0 Å². The summed E-state index contributed by atoms with van der Waals surface area (Å²) < 4.78 is 42.9. The van der Waals surface area contributed by atoms with Crippen LogP contribution in [-0.4, -0.2) is 29.5 Å². The zero-order valence-corrected chi connectivity index (χ0v) is 12.1. The van der Waals surface area contributed by atoms with E-state index in [-0.39, 0.29) is 6.61 Å². The van der Waals surface area contributed by atoms with E-state index in [1.165, 1.54) is 6.92 Å². The van der Waals surface area contributed by atoms with Crippen LogP contribution >= 0.6 is 11.3 Å². The van der Waals surface area contributed by atoms with Crippen molar-refractivity contribution in [2.24, 2.45) is 0 Å². The second-order valence-corrected chi connectivity index (χ2v) is 4.67. The van der Waals surface area contributed by atoms with Crippen LogP contribution in [0.3, 0.4) is 0 Å². The highest BCUT2D eigenvalue weighted by Crippen LogP contribution is 2.36. The van der Waals surface area contributed by atoms with Crippen LogP contribution in [0.15, 0.2) is 0 Å². The number of alkyl halides is 3. The van der Waals surface area contributed by atoms with E-state index in [0.717, 1.165) is 6.92 Å². The van der Waals surface area contributed by atoms with Gasteiger partial charge in [-0.05, 0) is 6.92 Å². The highest BCUT2D eigenvalue weighted by atomic mass is 32.1. The number of anilines is 1. The van der Waals surface area contributed by atoms with Crippen molar-refractivity contribution in [1.82, 2.24) is 15.8 Å². The first-order valence-corrected chi connectivity index (χ1v) is 6.55. The number of aromatic nitrogens is 1. The van der Waals surface area contributed by atoms with E-state index in [1.807, 2.05) is 16.2 Å². The number of hydrogen-bond acceptors (Lipinski definition) is 6. The zero-order chi connectivity index (χ0) is 16.9. The van der Waals surface area contributed by atoms with Crippen molar-refractivity contribution in [3.05, 3.63) is 10.6 Å². The van der Waals surface area contributed by atoms with Gasteiger partial charge in [-0.15, -0.1) is 0 Å². The fourth-order valence-electron chi connectivity index (χ4n) is 1.17. The van der Waals surface area contributed by atoms with Crippen molar-refractivity contribution in [3.8, 4) is 0 Å². The molecule has 0 saturated carbocycles. The lowest BCUT2D eigenvalue weighted by Gasteiger charge is -2.05. The molecule has 8 nitrogen and oxygen atoms in total. The summed E-state index contributed by atoms with van der Waals surface area (Å²) in [5, 5.41) is 1.49. The molecule has 22 heavy (non-hydrogen) atoms. The van der Waals surface area contributed by atoms with Crippen molar-refractivity contribution in [3.63, 3.8) is 0 Å². The Morgan fingerprint density at radius 2 is 1.91 bits per heavy atom. The fourth-order valence-corrected chi connectivity index (χ4v) is 2.05. The number of amides is 3. The van der Waals surface area contributed by atoms with Crippen LogP contribution in [0.25, 0.3) is 0 Å². The number of thiazole rings is 1. The van der Waals surface area contributed by atoms with E-state index in [1.54, 1.807) is 0 Å². The molecule has 0 aliphatic heterocycles. The summed E-state index contributed by atoms with van der Waals surface area (Å²) in [7, 11) is 0. The molecule has 0 atom stereocenters. The largest absolute Gasteiger partial charge is 0.462 e. The van der Waals surface area contributed by atoms with Crippen LogP contribution < -0.4 is 16.2 Å². The van der Waals surface area contributed by atoms with E-state index in [2.05, 4.69) is 9.72 Å². The second-order valence-electron chi connectivity index (χ2n) is 3.68. The van der Waals surface area contributed by atoms with Gasteiger partial charge in [-0.25, -0.2) is 20.0 Å². The van der Waals surface area contributed by atoms with E-state index < -0.39 is 39.8 Å². The number of halogens is 3. The van der Waals surface area contributed by atoms with Gasteiger partial charge < -0.3 is 4.74 Å². The minimum Gasteiger partial charge on any atom is -0.462 e. The van der Waals surface area contributed by atoms with Crippen LogP contribution in [-0.2, 0) is 15.7 Å². The molecular weight excluding hydrogens is 329 g/mol. The van der Waals surface area contributed by atoms with E-state index >= 15 is 0 Å². The summed E-state index contributed by atoms with van der Waals surface area (Å²) in [5.41, 5.74) is 2.34. The molecule has 0 unspecified atom stereocenters. The number of urea groups is 1. The number of hydrogen-bond donors (Lipinski definition) is 3. The average molecular weight is 340 g/mol. The number of carbonyl (C=O) groups is 3. The molecule has 1 heterocycles. The Balaban J connectivity index is 2.96. The van der Waals surface area contributed by atoms with E-state index in [0.29, 0.717) is 11.3 Å². The molecule has 12 heteroatoms. The number of carbonyl (C=O) groups excluding carboxylic acids is 3. The third kappa shape index (κ3) is 4.87. The van der Waals surface area contributed by atoms with Crippen molar-refractivity contribution in [2.45, 2.75) is 20.0 Å². The smallest absolute Gasteiger partial charge is 0.435 e. The summed E-state index contributed by atoms with van der Waals surface area (Å²) in [6.07, 6.45) is -4.88. The van der Waals surface area contributed by atoms with Gasteiger partial charge in [0.1, 0.15) is 4.88 Å². The number of hydrazine groups is 1. The molecule has 0 aliphatic carbocycles. The van der Waals surface area contributed by atoms with Gasteiger partial charge in [-0.1, -0.05) is 11.3 Å². The summed E-state index contributed by atoms with van der Waals surface area (Å²) in [6, 6.07) is -1.02. The molecule has 0 fully saturated rings. The number of rotatable bonds is 3. The van der Waals surface area contributed by atoms with E-state index in [4.69, 9.17) is 0 Å². The molecule has 0 radical (unpaired) electrons. The van der Waals surface area contributed by atoms with Gasteiger partial charge in [0.15, 0.2) is 10.8 Å². The molecule has 1 aromatic rings. The van der Waals surface area contributed by atoms with E-state index in [9.17, 15) is 27.6 Å². The summed E-state index contributed by atoms with van der Waals surface area (Å²) in [5.74, 6) is -1.78. The van der Waals surface area contributed by atoms with Gasteiger partial charge in [0.25, 0.3) is 0 Å². The third-order valence-corrected chi connectivity index (χ3v) is 2.88. The van der Waals surface area contributed by atoms with Crippen LogP contribution in [0.5, 0.6) is 0 Å². The predicted molar refractivity (Wildman–Crippen MR) is 69.0 cm³/mol. The Morgan fingerprint density at radius 3 is 2.41 bits per heavy atom. The predicted octanol–water partition coefficient (Wildman–Crippen LogP) is 1.51. The molecule has 0 aromatic carbocycles. The lowest BCUT2D eigenvalue weighted by molar-refractivity contribution is -0.141. The molecule has 1 rings (SSSR count). The second kappa shape index (κ2) is 7.06. The third-order valence-electron chi connectivity index (χ3n) is 1.93. The lowest BCUT2D eigenvalue weighted by atomic mass is 10.3. The van der Waals surface area contributed by atoms with Gasteiger partial charge >= 0.3 is 18.2 Å². The Bertz CT molecular complexity index is 587. The number of nitrogens with zero attached hydrogens (tertiary/aromatic N) is 1. The quantitative estimate of drug-likeness (QED) is 0.571. The Labute approximate surface area is 126 Å². The first-order chi connectivity index (χ1) is 10.1. The minimum absolute atomic E-state index is 0.111. The highest BCUT2D eigenvalue weighted by Gasteiger charge is 2.40. The first kappa shape index (κ1) is 17.7. The van der Waals surface area contributed by atoms with Gasteiger partial charge in [-0.2, -0.15) is 13.2 Å². The van der Waals surface area contributed by atoms with Crippen LogP contribution in [0.1, 0.15) is 29.2 Å². The monoisotopic (exact) mass is 340 g/mol. The van der Waals surface area contributed by atoms with Crippen LogP contribution in [0.4, 0.5) is 23.1 Å². The lowest BCUT2D eigenvalue weighted by Crippen LogP contribution is -2.42. The zero-order valence-electron chi connectivity index (χ0n) is 11.3. The maximum atomic E-state index is 12.8. The summed E-state index contributed by atoms with van der Waals surface area (Å²) >= 11 is 0.307. The standard InChI is InChI=1S/C10H11F3N4O4S/c1-3-21-7(19)5-6(10(11,12)13)14-9(22-5)15-8(20)17-16-4(2)18/h3H2,1-2H3,(H,16,18)(H2,14,15,17,20). The first-order valence-electron chi connectivity index (χ1n) is 5.73. The molecule has 0 saturated heterocycles. The molecule has 3 amide bonds. The molecule has 1 aromatic heterocycles. The molecule has 3 N–H and O–H groups in total. The number of ether oxygens (including phenoxy) is 1. The van der Waals surface area contributed by atoms with Crippen LogP contribution in [0.2, 0.25) is 0 Å². The normalized spacial score (nSPS) is 10.8. The van der Waals surface area contributed by atoms with Crippen molar-refractivity contribution in [2.75, 3.05) is 11.9 Å². The van der Waals surface area contributed by atoms with Gasteiger partial charge in [-0.3, -0.25) is 15.5 Å². The van der Waals surface area contributed by atoms with Gasteiger partial charge in [0, 0.05) is 6.92 Å². The average Bonchev–Trinajstić information content (AvgIpc) is 2.80. The number of esters is 1. The highest BCUT2D eigenvalue weighted by molar-refractivity contribution is 7.17. The maximum absolute atomic E-state index is 12.8. The van der Waals surface area contributed by atoms with Crippen molar-refractivity contribution < 1.29 is 32.3 Å². The summed E-state index contributed by atoms with van der Waals surface area (Å²) in [4.78, 5) is 35.8. The Morgan fingerprint density at radius 1 is 1.27 bits per heavy atom. The molecule has 0 aliphatic rings. The SMILES string of the molecule is CCOC(=O)c1sc(NC(=O)NNC(C)=O)nc1C(F)(F)F. The number of nitrogens with one attached hydrogen (secondary N) is 3. The molecule has 0 bridgehead atoms. The molecular formula is C10H11F3N4O4S. The Hall–Kier alpha value is -2.37. The maximum Gasteiger partial charge on any atom is 0.435 e. The summed E-state index contributed by atoms with van der Waals surface area (Å²) in [6.45, 7) is 2.44. The van der Waals surface area contributed by atoms with Crippen molar-refractivity contribution >= 4 is 34.4 Å². The fraction of sp³-hybridized carbons (Fsp3) is 0.400. The topological polar surface area (TPSA) is 109 Å².